The van der Waals surface area contributed by atoms with Crippen LogP contribution in [-0.2, 0) is 6.54 Å². The maximum Gasteiger partial charge on any atom is 0.250 e. The van der Waals surface area contributed by atoms with E-state index in [2.05, 4.69) is 4.98 Å². The van der Waals surface area contributed by atoms with Crippen LogP contribution in [0.25, 0.3) is 0 Å². The molecule has 1 amide bonds. The van der Waals surface area contributed by atoms with Crippen molar-refractivity contribution >= 4 is 40.2 Å². The second kappa shape index (κ2) is 5.68. The summed E-state index contributed by atoms with van der Waals surface area (Å²) in [6, 6.07) is 3.15. The van der Waals surface area contributed by atoms with Crippen molar-refractivity contribution in [3.63, 3.8) is 0 Å². The van der Waals surface area contributed by atoms with E-state index in [1.807, 2.05) is 18.9 Å². The Bertz CT molecular complexity index is 656. The van der Waals surface area contributed by atoms with Gasteiger partial charge in [0.05, 0.1) is 34.0 Å². The molecule has 2 aromatic rings. The van der Waals surface area contributed by atoms with Crippen LogP contribution in [0.3, 0.4) is 0 Å². The maximum absolute atomic E-state index is 11.6. The van der Waals surface area contributed by atoms with E-state index < -0.39 is 5.91 Å². The molecule has 0 aliphatic carbocycles. The van der Waals surface area contributed by atoms with E-state index in [4.69, 9.17) is 23.1 Å². The van der Waals surface area contributed by atoms with Gasteiger partial charge in [-0.1, -0.05) is 11.6 Å². The number of nitrogens with zero attached hydrogens (tertiary/aromatic N) is 2. The molecule has 20 heavy (non-hydrogen) atoms. The summed E-state index contributed by atoms with van der Waals surface area (Å²) in [6.07, 6.45) is 0. The molecule has 0 aliphatic heterocycles. The van der Waals surface area contributed by atoms with E-state index in [0.717, 1.165) is 10.6 Å². The van der Waals surface area contributed by atoms with Crippen LogP contribution in [0.1, 0.15) is 20.9 Å². The van der Waals surface area contributed by atoms with Crippen LogP contribution in [-0.4, -0.2) is 17.9 Å². The van der Waals surface area contributed by atoms with E-state index in [1.54, 1.807) is 29.0 Å². The van der Waals surface area contributed by atoms with E-state index >= 15 is 0 Å². The molecule has 0 radical (unpaired) electrons. The highest BCUT2D eigenvalue weighted by atomic mass is 35.5. The number of primary amides is 1. The number of aryl methyl sites for hydroxylation is 1. The van der Waals surface area contributed by atoms with Crippen LogP contribution in [0.15, 0.2) is 17.6 Å². The number of amides is 1. The third-order valence-electron chi connectivity index (χ3n) is 2.96. The molecule has 4 N–H and O–H groups in total. The Balaban J connectivity index is 2.41. The SMILES string of the molecule is Cc1ncsc1CN(C)c1c(Cl)cc(N)cc1C(N)=O. The summed E-state index contributed by atoms with van der Waals surface area (Å²) < 4.78 is 0. The van der Waals surface area contributed by atoms with Crippen LogP contribution >= 0.6 is 22.9 Å². The molecular weight excluding hydrogens is 296 g/mol. The predicted molar refractivity (Wildman–Crippen MR) is 83.3 cm³/mol. The lowest BCUT2D eigenvalue weighted by Crippen LogP contribution is -2.22. The molecule has 1 aromatic carbocycles. The molecule has 0 bridgehead atoms. The van der Waals surface area contributed by atoms with Crippen LogP contribution in [0.2, 0.25) is 5.02 Å². The maximum atomic E-state index is 11.6. The molecule has 0 saturated carbocycles. The molecule has 0 saturated heterocycles. The number of rotatable bonds is 4. The average molecular weight is 311 g/mol. The Morgan fingerprint density at radius 1 is 1.50 bits per heavy atom. The van der Waals surface area contributed by atoms with Gasteiger partial charge in [-0.25, -0.2) is 4.98 Å². The van der Waals surface area contributed by atoms with Crippen molar-refractivity contribution in [2.75, 3.05) is 17.7 Å². The lowest BCUT2D eigenvalue weighted by atomic mass is 10.1. The minimum absolute atomic E-state index is 0.319. The van der Waals surface area contributed by atoms with Gasteiger partial charge in [-0.05, 0) is 19.1 Å². The van der Waals surface area contributed by atoms with E-state index in [-0.39, 0.29) is 0 Å². The number of benzene rings is 1. The van der Waals surface area contributed by atoms with Gasteiger partial charge in [-0.3, -0.25) is 4.79 Å². The van der Waals surface area contributed by atoms with Crippen LogP contribution in [0, 0.1) is 6.92 Å². The molecule has 0 fully saturated rings. The first-order valence-electron chi connectivity index (χ1n) is 5.89. The van der Waals surface area contributed by atoms with Gasteiger partial charge in [0.2, 0.25) is 0 Å². The first-order chi connectivity index (χ1) is 9.40. The van der Waals surface area contributed by atoms with Gasteiger partial charge in [0, 0.05) is 17.6 Å². The van der Waals surface area contributed by atoms with Crippen molar-refractivity contribution in [2.24, 2.45) is 5.73 Å². The van der Waals surface area contributed by atoms with Crippen LogP contribution < -0.4 is 16.4 Å². The number of carbonyl (C=O) groups excluding carboxylic acids is 1. The van der Waals surface area contributed by atoms with Crippen molar-refractivity contribution in [3.05, 3.63) is 38.8 Å². The zero-order valence-corrected chi connectivity index (χ0v) is 12.8. The molecule has 1 heterocycles. The number of hydrogen-bond donors (Lipinski definition) is 2. The van der Waals surface area contributed by atoms with Gasteiger partial charge in [-0.15, -0.1) is 11.3 Å². The lowest BCUT2D eigenvalue weighted by Gasteiger charge is -2.23. The number of nitrogen functional groups attached to an aromatic ring is 1. The van der Waals surface area contributed by atoms with Crippen molar-refractivity contribution in [2.45, 2.75) is 13.5 Å². The van der Waals surface area contributed by atoms with Gasteiger partial charge in [-0.2, -0.15) is 0 Å². The third-order valence-corrected chi connectivity index (χ3v) is 4.17. The zero-order valence-electron chi connectivity index (χ0n) is 11.2. The Morgan fingerprint density at radius 3 is 2.75 bits per heavy atom. The molecule has 7 heteroatoms. The molecule has 0 atom stereocenters. The minimum atomic E-state index is -0.554. The summed E-state index contributed by atoms with van der Waals surface area (Å²) in [5, 5.41) is 0.406. The van der Waals surface area contributed by atoms with Crippen molar-refractivity contribution in [1.29, 1.82) is 0 Å². The Morgan fingerprint density at radius 2 is 2.20 bits per heavy atom. The van der Waals surface area contributed by atoms with Crippen molar-refractivity contribution < 1.29 is 4.79 Å². The molecule has 5 nitrogen and oxygen atoms in total. The quantitative estimate of drug-likeness (QED) is 0.849. The summed E-state index contributed by atoms with van der Waals surface area (Å²) in [7, 11) is 1.85. The summed E-state index contributed by atoms with van der Waals surface area (Å²) in [4.78, 5) is 18.8. The smallest absolute Gasteiger partial charge is 0.250 e. The fourth-order valence-electron chi connectivity index (χ4n) is 1.97. The molecule has 106 valence electrons. The lowest BCUT2D eigenvalue weighted by molar-refractivity contribution is 0.100. The van der Waals surface area contributed by atoms with Crippen molar-refractivity contribution in [3.8, 4) is 0 Å². The van der Waals surface area contributed by atoms with Gasteiger partial charge < -0.3 is 16.4 Å². The average Bonchev–Trinajstić information content (AvgIpc) is 2.73. The minimum Gasteiger partial charge on any atom is -0.399 e. The standard InChI is InChI=1S/C13H15ClN4OS/c1-7-11(20-6-17-7)5-18(2)12-9(13(16)19)3-8(15)4-10(12)14/h3-4,6H,5,15H2,1-2H3,(H2,16,19). The van der Waals surface area contributed by atoms with Gasteiger partial charge in [0.25, 0.3) is 5.91 Å². The fraction of sp³-hybridized carbons (Fsp3) is 0.231. The number of thiazole rings is 1. The summed E-state index contributed by atoms with van der Waals surface area (Å²) in [5.74, 6) is -0.554. The number of hydrogen-bond acceptors (Lipinski definition) is 5. The van der Waals surface area contributed by atoms with Gasteiger partial charge in [0.1, 0.15) is 0 Å². The fourth-order valence-corrected chi connectivity index (χ4v) is 3.17. The summed E-state index contributed by atoms with van der Waals surface area (Å²) in [6.45, 7) is 2.54. The summed E-state index contributed by atoms with van der Waals surface area (Å²) >= 11 is 7.77. The predicted octanol–water partition coefficient (Wildman–Crippen LogP) is 2.42. The highest BCUT2D eigenvalue weighted by molar-refractivity contribution is 7.09. The second-order valence-corrected chi connectivity index (χ2v) is 5.83. The summed E-state index contributed by atoms with van der Waals surface area (Å²) in [5.41, 5.74) is 15.2. The Labute approximate surface area is 126 Å². The first-order valence-corrected chi connectivity index (χ1v) is 7.15. The van der Waals surface area contributed by atoms with E-state index in [0.29, 0.717) is 28.5 Å². The number of nitrogens with two attached hydrogens (primary N) is 2. The molecule has 0 aliphatic rings. The zero-order chi connectivity index (χ0) is 14.9. The molecule has 1 aromatic heterocycles. The molecule has 0 unspecified atom stereocenters. The topological polar surface area (TPSA) is 85.2 Å². The number of halogens is 1. The van der Waals surface area contributed by atoms with Gasteiger partial charge in [0.15, 0.2) is 0 Å². The number of carbonyl (C=O) groups is 1. The Hall–Kier alpha value is -1.79. The Kier molecular flexibility index (Phi) is 4.15. The normalized spacial score (nSPS) is 10.6. The van der Waals surface area contributed by atoms with E-state index in [9.17, 15) is 4.79 Å². The molecule has 0 spiro atoms. The number of aromatic nitrogens is 1. The van der Waals surface area contributed by atoms with Crippen molar-refractivity contribution in [1.82, 2.24) is 4.98 Å². The molecule has 2 rings (SSSR count). The highest BCUT2D eigenvalue weighted by Crippen LogP contribution is 2.33. The van der Waals surface area contributed by atoms with E-state index in [1.165, 1.54) is 0 Å². The third kappa shape index (κ3) is 2.86. The molecular formula is C13H15ClN4OS. The highest BCUT2D eigenvalue weighted by Gasteiger charge is 2.18. The van der Waals surface area contributed by atoms with Crippen LogP contribution in [0.5, 0.6) is 0 Å². The number of anilines is 2. The largest absolute Gasteiger partial charge is 0.399 e. The van der Waals surface area contributed by atoms with Crippen LogP contribution in [0.4, 0.5) is 11.4 Å². The monoisotopic (exact) mass is 310 g/mol. The van der Waals surface area contributed by atoms with Gasteiger partial charge >= 0.3 is 0 Å². The first kappa shape index (κ1) is 14.6. The second-order valence-electron chi connectivity index (χ2n) is 4.48.